The number of aryl methyl sites for hydroxylation is 1. The van der Waals surface area contributed by atoms with E-state index in [0.29, 0.717) is 12.1 Å². The van der Waals surface area contributed by atoms with Gasteiger partial charge in [-0.25, -0.2) is 5.48 Å². The summed E-state index contributed by atoms with van der Waals surface area (Å²) in [5.41, 5.74) is 4.16. The summed E-state index contributed by atoms with van der Waals surface area (Å²) in [6.07, 6.45) is 0.923. The molecular formula is C21H27N3O4. The first kappa shape index (κ1) is 21.6. The van der Waals surface area contributed by atoms with Gasteiger partial charge >= 0.3 is 0 Å². The molecule has 2 aromatic rings. The molecule has 2 amide bonds. The topological polar surface area (TPSA) is 111 Å². The van der Waals surface area contributed by atoms with Gasteiger partial charge in [0.25, 0.3) is 11.8 Å². The summed E-state index contributed by atoms with van der Waals surface area (Å²) in [6, 6.07) is 16.1. The van der Waals surface area contributed by atoms with Gasteiger partial charge in [0.1, 0.15) is 6.04 Å². The molecule has 7 heteroatoms. The highest BCUT2D eigenvalue weighted by atomic mass is 16.5. The average molecular weight is 385 g/mol. The van der Waals surface area contributed by atoms with Crippen LogP contribution < -0.4 is 16.1 Å². The van der Waals surface area contributed by atoms with Gasteiger partial charge in [-0.15, -0.1) is 0 Å². The second-order valence-corrected chi connectivity index (χ2v) is 6.63. The van der Waals surface area contributed by atoms with Crippen molar-refractivity contribution >= 4 is 11.8 Å². The zero-order valence-electron chi connectivity index (χ0n) is 15.9. The molecule has 0 radical (unpaired) electrons. The molecule has 0 aliphatic rings. The summed E-state index contributed by atoms with van der Waals surface area (Å²) in [4.78, 5) is 23.7. The van der Waals surface area contributed by atoms with Crippen LogP contribution in [-0.4, -0.2) is 40.8 Å². The molecule has 0 saturated heterocycles. The summed E-state index contributed by atoms with van der Waals surface area (Å²) >= 11 is 0. The van der Waals surface area contributed by atoms with E-state index in [4.69, 9.17) is 5.21 Å². The molecule has 2 unspecified atom stereocenters. The highest BCUT2D eigenvalue weighted by Gasteiger charge is 2.25. The van der Waals surface area contributed by atoms with Crippen LogP contribution in [0.5, 0.6) is 0 Å². The molecular weight excluding hydrogens is 358 g/mol. The van der Waals surface area contributed by atoms with Crippen LogP contribution in [0.1, 0.15) is 34.8 Å². The molecule has 7 nitrogen and oxygen atoms in total. The maximum absolute atomic E-state index is 12.2. The lowest BCUT2D eigenvalue weighted by Gasteiger charge is -2.19. The van der Waals surface area contributed by atoms with Gasteiger partial charge in [0, 0.05) is 12.1 Å². The number of nitrogens with one attached hydrogen (secondary N) is 3. The van der Waals surface area contributed by atoms with E-state index in [-0.39, 0.29) is 0 Å². The molecule has 28 heavy (non-hydrogen) atoms. The number of benzene rings is 2. The van der Waals surface area contributed by atoms with Gasteiger partial charge < -0.3 is 15.7 Å². The van der Waals surface area contributed by atoms with Gasteiger partial charge in [-0.05, 0) is 49.6 Å². The predicted octanol–water partition coefficient (Wildman–Crippen LogP) is 1.39. The Morgan fingerprint density at radius 3 is 2.29 bits per heavy atom. The Kier molecular flexibility index (Phi) is 8.61. The van der Waals surface area contributed by atoms with E-state index < -0.39 is 24.0 Å². The quantitative estimate of drug-likeness (QED) is 0.241. The monoisotopic (exact) mass is 385 g/mol. The number of carbonyl (C=O) groups is 2. The molecule has 5 N–H and O–H groups in total. The van der Waals surface area contributed by atoms with Crippen molar-refractivity contribution in [2.75, 3.05) is 6.54 Å². The second kappa shape index (κ2) is 11.2. The highest BCUT2D eigenvalue weighted by molar-refractivity contribution is 5.97. The summed E-state index contributed by atoms with van der Waals surface area (Å²) in [7, 11) is 0. The third-order valence-electron chi connectivity index (χ3n) is 4.37. The van der Waals surface area contributed by atoms with Gasteiger partial charge in [-0.1, -0.05) is 42.5 Å². The third kappa shape index (κ3) is 6.77. The summed E-state index contributed by atoms with van der Waals surface area (Å²) in [5.74, 6) is -1.38. The average Bonchev–Trinajstić information content (AvgIpc) is 2.72. The van der Waals surface area contributed by atoms with Gasteiger partial charge in [0.15, 0.2) is 0 Å². The Hall–Kier alpha value is -2.74. The van der Waals surface area contributed by atoms with Crippen LogP contribution in [-0.2, 0) is 17.8 Å². The van der Waals surface area contributed by atoms with Crippen LogP contribution in [0, 0.1) is 0 Å². The minimum atomic E-state index is -1.23. The van der Waals surface area contributed by atoms with Crippen molar-refractivity contribution in [3.8, 4) is 0 Å². The van der Waals surface area contributed by atoms with Crippen molar-refractivity contribution < 1.29 is 19.9 Å². The van der Waals surface area contributed by atoms with Crippen LogP contribution >= 0.6 is 0 Å². The SMILES string of the molecule is CC(O)C(NC(=O)c1ccc(CNCCCc2ccccc2)cc1)C(=O)NO. The molecule has 2 rings (SSSR count). The number of hydrogen-bond donors (Lipinski definition) is 5. The first-order valence-corrected chi connectivity index (χ1v) is 9.27. The normalized spacial score (nSPS) is 12.8. The predicted molar refractivity (Wildman–Crippen MR) is 106 cm³/mol. The molecule has 0 bridgehead atoms. The molecule has 2 atom stereocenters. The third-order valence-corrected chi connectivity index (χ3v) is 4.37. The molecule has 0 aliphatic carbocycles. The Bertz CT molecular complexity index is 748. The molecule has 150 valence electrons. The maximum Gasteiger partial charge on any atom is 0.268 e. The summed E-state index contributed by atoms with van der Waals surface area (Å²) in [5, 5.41) is 24.0. The summed E-state index contributed by atoms with van der Waals surface area (Å²) in [6.45, 7) is 2.94. The van der Waals surface area contributed by atoms with E-state index in [1.165, 1.54) is 18.0 Å². The summed E-state index contributed by atoms with van der Waals surface area (Å²) < 4.78 is 0. The van der Waals surface area contributed by atoms with E-state index in [1.54, 1.807) is 12.1 Å². The number of rotatable bonds is 10. The number of aliphatic hydroxyl groups is 1. The van der Waals surface area contributed by atoms with E-state index in [9.17, 15) is 14.7 Å². The molecule has 2 aromatic carbocycles. The smallest absolute Gasteiger partial charge is 0.268 e. The zero-order chi connectivity index (χ0) is 20.4. The van der Waals surface area contributed by atoms with Crippen molar-refractivity contribution in [2.45, 2.75) is 38.5 Å². The van der Waals surface area contributed by atoms with Crippen LogP contribution in [0.2, 0.25) is 0 Å². The van der Waals surface area contributed by atoms with Crippen LogP contribution in [0.15, 0.2) is 54.6 Å². The minimum Gasteiger partial charge on any atom is -0.391 e. The fourth-order valence-corrected chi connectivity index (χ4v) is 2.77. The Labute approximate surface area is 164 Å². The first-order chi connectivity index (χ1) is 13.5. The minimum absolute atomic E-state index is 0.365. The van der Waals surface area contributed by atoms with Crippen molar-refractivity contribution in [3.05, 3.63) is 71.3 Å². The second-order valence-electron chi connectivity index (χ2n) is 6.63. The van der Waals surface area contributed by atoms with Crippen LogP contribution in [0.4, 0.5) is 0 Å². The number of hydrogen-bond acceptors (Lipinski definition) is 5. The largest absolute Gasteiger partial charge is 0.391 e. The Morgan fingerprint density at radius 1 is 1.00 bits per heavy atom. The van der Waals surface area contributed by atoms with E-state index >= 15 is 0 Å². The number of amides is 2. The fourth-order valence-electron chi connectivity index (χ4n) is 2.77. The van der Waals surface area contributed by atoms with Gasteiger partial charge in [-0.3, -0.25) is 14.8 Å². The lowest BCUT2D eigenvalue weighted by Crippen LogP contribution is -2.51. The van der Waals surface area contributed by atoms with Crippen LogP contribution in [0.25, 0.3) is 0 Å². The van der Waals surface area contributed by atoms with E-state index in [1.807, 2.05) is 30.3 Å². The van der Waals surface area contributed by atoms with E-state index in [2.05, 4.69) is 22.8 Å². The standard InChI is InChI=1S/C21H27N3O4/c1-15(25)19(21(27)24-28)23-20(26)18-11-9-17(10-12-18)14-22-13-5-8-16-6-3-2-4-7-16/h2-4,6-7,9-12,15,19,22,25,28H,5,8,13-14H2,1H3,(H,23,26)(H,24,27). The molecule has 0 spiro atoms. The highest BCUT2D eigenvalue weighted by Crippen LogP contribution is 2.06. The van der Waals surface area contributed by atoms with Crippen molar-refractivity contribution in [2.24, 2.45) is 0 Å². The number of carbonyl (C=O) groups excluding carboxylic acids is 2. The number of hydroxylamine groups is 1. The molecule has 0 saturated carbocycles. The molecule has 0 aliphatic heterocycles. The Balaban J connectivity index is 1.77. The van der Waals surface area contributed by atoms with E-state index in [0.717, 1.165) is 24.9 Å². The van der Waals surface area contributed by atoms with Gasteiger partial charge in [0.2, 0.25) is 0 Å². The zero-order valence-corrected chi connectivity index (χ0v) is 15.9. The van der Waals surface area contributed by atoms with Gasteiger partial charge in [0.05, 0.1) is 6.10 Å². The van der Waals surface area contributed by atoms with Crippen LogP contribution in [0.3, 0.4) is 0 Å². The first-order valence-electron chi connectivity index (χ1n) is 9.27. The van der Waals surface area contributed by atoms with Crippen molar-refractivity contribution in [3.63, 3.8) is 0 Å². The van der Waals surface area contributed by atoms with Crippen molar-refractivity contribution in [1.82, 2.24) is 16.1 Å². The molecule has 0 fully saturated rings. The molecule has 0 aromatic heterocycles. The number of aliphatic hydroxyl groups excluding tert-OH is 1. The fraction of sp³-hybridized carbons (Fsp3) is 0.333. The maximum atomic E-state index is 12.2. The lowest BCUT2D eigenvalue weighted by atomic mass is 10.1. The van der Waals surface area contributed by atoms with Crippen molar-refractivity contribution in [1.29, 1.82) is 0 Å². The van der Waals surface area contributed by atoms with Gasteiger partial charge in [-0.2, -0.15) is 0 Å². The Morgan fingerprint density at radius 2 is 1.68 bits per heavy atom. The lowest BCUT2D eigenvalue weighted by molar-refractivity contribution is -0.133. The molecule has 0 heterocycles.